The highest BCUT2D eigenvalue weighted by Crippen LogP contribution is 2.31. The first kappa shape index (κ1) is 11.7. The van der Waals surface area contributed by atoms with Crippen LogP contribution in [0.15, 0.2) is 18.5 Å². The lowest BCUT2D eigenvalue weighted by Crippen LogP contribution is -2.35. The zero-order chi connectivity index (χ0) is 11.4. The minimum Gasteiger partial charge on any atom is -0.395 e. The molecule has 1 fully saturated rings. The van der Waals surface area contributed by atoms with Gasteiger partial charge in [-0.1, -0.05) is 24.4 Å². The summed E-state index contributed by atoms with van der Waals surface area (Å²) in [6.45, 7) is 0.809. The maximum Gasteiger partial charge on any atom is 0.0822 e. The SMILES string of the molecule is OCCN(c1ccncc1Cl)C1CCCC1. The molecule has 2 rings (SSSR count). The van der Waals surface area contributed by atoms with Crippen LogP contribution in [-0.4, -0.2) is 29.3 Å². The predicted molar refractivity (Wildman–Crippen MR) is 65.9 cm³/mol. The molecule has 0 aliphatic heterocycles. The molecule has 0 unspecified atom stereocenters. The van der Waals surface area contributed by atoms with Crippen molar-refractivity contribution in [3.8, 4) is 0 Å². The van der Waals surface area contributed by atoms with Crippen LogP contribution >= 0.6 is 11.6 Å². The number of halogens is 1. The molecule has 0 amide bonds. The van der Waals surface area contributed by atoms with Gasteiger partial charge in [0.15, 0.2) is 0 Å². The number of pyridine rings is 1. The fraction of sp³-hybridized carbons (Fsp3) is 0.583. The molecule has 1 heterocycles. The van der Waals surface area contributed by atoms with Crippen LogP contribution in [-0.2, 0) is 0 Å². The van der Waals surface area contributed by atoms with Crippen LogP contribution in [0.2, 0.25) is 5.02 Å². The summed E-state index contributed by atoms with van der Waals surface area (Å²) in [6, 6.07) is 2.45. The van der Waals surface area contributed by atoms with Gasteiger partial charge in [-0.3, -0.25) is 4.98 Å². The van der Waals surface area contributed by atoms with Crippen LogP contribution in [0.1, 0.15) is 25.7 Å². The molecule has 1 aliphatic rings. The molecule has 0 atom stereocenters. The van der Waals surface area contributed by atoms with Crippen LogP contribution in [0, 0.1) is 0 Å². The summed E-state index contributed by atoms with van der Waals surface area (Å²) in [4.78, 5) is 6.21. The molecule has 1 saturated carbocycles. The molecule has 4 heteroatoms. The first-order valence-corrected chi connectivity index (χ1v) is 6.17. The number of rotatable bonds is 4. The first-order chi connectivity index (χ1) is 7.83. The van der Waals surface area contributed by atoms with Gasteiger partial charge in [0.2, 0.25) is 0 Å². The molecule has 0 bridgehead atoms. The maximum atomic E-state index is 9.15. The lowest BCUT2D eigenvalue weighted by Gasteiger charge is -2.31. The fourth-order valence-electron chi connectivity index (χ4n) is 2.42. The molecular weight excluding hydrogens is 224 g/mol. The Morgan fingerprint density at radius 2 is 2.19 bits per heavy atom. The third kappa shape index (κ3) is 2.47. The average molecular weight is 241 g/mol. The average Bonchev–Trinajstić information content (AvgIpc) is 2.80. The van der Waals surface area contributed by atoms with Crippen molar-refractivity contribution in [1.82, 2.24) is 4.98 Å². The van der Waals surface area contributed by atoms with Gasteiger partial charge in [-0.2, -0.15) is 0 Å². The van der Waals surface area contributed by atoms with Crippen molar-refractivity contribution in [3.05, 3.63) is 23.5 Å². The van der Waals surface area contributed by atoms with Crippen LogP contribution in [0.25, 0.3) is 0 Å². The van der Waals surface area contributed by atoms with E-state index in [1.54, 1.807) is 12.4 Å². The Kier molecular flexibility index (Phi) is 4.02. The Morgan fingerprint density at radius 1 is 1.44 bits per heavy atom. The molecule has 0 spiro atoms. The summed E-state index contributed by atoms with van der Waals surface area (Å²) in [7, 11) is 0. The molecule has 1 aliphatic carbocycles. The van der Waals surface area contributed by atoms with E-state index >= 15 is 0 Å². The summed E-state index contributed by atoms with van der Waals surface area (Å²) < 4.78 is 0. The van der Waals surface area contributed by atoms with Crippen LogP contribution < -0.4 is 4.90 Å². The Bertz CT molecular complexity index is 340. The molecule has 1 aromatic rings. The van der Waals surface area contributed by atoms with Crippen LogP contribution in [0.5, 0.6) is 0 Å². The summed E-state index contributed by atoms with van der Waals surface area (Å²) >= 11 is 6.15. The molecule has 0 radical (unpaired) electrons. The van der Waals surface area contributed by atoms with Gasteiger partial charge < -0.3 is 10.0 Å². The van der Waals surface area contributed by atoms with Gasteiger partial charge in [0.25, 0.3) is 0 Å². The predicted octanol–water partition coefficient (Wildman–Crippen LogP) is 2.48. The van der Waals surface area contributed by atoms with Crippen molar-refractivity contribution in [2.45, 2.75) is 31.7 Å². The van der Waals surface area contributed by atoms with E-state index in [0.29, 0.717) is 17.6 Å². The summed E-state index contributed by atoms with van der Waals surface area (Å²) in [5, 5.41) is 9.82. The van der Waals surface area contributed by atoms with Crippen molar-refractivity contribution in [2.75, 3.05) is 18.1 Å². The van der Waals surface area contributed by atoms with Gasteiger partial charge in [0, 0.05) is 25.0 Å². The van der Waals surface area contributed by atoms with Crippen molar-refractivity contribution >= 4 is 17.3 Å². The Labute approximate surface area is 101 Å². The first-order valence-electron chi connectivity index (χ1n) is 5.80. The van der Waals surface area contributed by atoms with Gasteiger partial charge in [0.1, 0.15) is 0 Å². The van der Waals surface area contributed by atoms with E-state index in [2.05, 4.69) is 9.88 Å². The molecule has 16 heavy (non-hydrogen) atoms. The van der Waals surface area contributed by atoms with Crippen molar-refractivity contribution in [1.29, 1.82) is 0 Å². The third-order valence-corrected chi connectivity index (χ3v) is 3.46. The second-order valence-electron chi connectivity index (χ2n) is 4.18. The smallest absolute Gasteiger partial charge is 0.0822 e. The monoisotopic (exact) mass is 240 g/mol. The topological polar surface area (TPSA) is 36.4 Å². The Morgan fingerprint density at radius 3 is 2.81 bits per heavy atom. The number of aliphatic hydroxyl groups excluding tert-OH is 1. The van der Waals surface area contributed by atoms with Crippen LogP contribution in [0.3, 0.4) is 0 Å². The zero-order valence-electron chi connectivity index (χ0n) is 9.27. The van der Waals surface area contributed by atoms with Gasteiger partial charge >= 0.3 is 0 Å². The molecule has 0 saturated heterocycles. The highest BCUT2D eigenvalue weighted by atomic mass is 35.5. The standard InChI is InChI=1S/C12H17ClN2O/c13-11-9-14-6-5-12(11)15(7-8-16)10-3-1-2-4-10/h5-6,9-10,16H,1-4,7-8H2. The van der Waals surface area contributed by atoms with Gasteiger partial charge in [-0.25, -0.2) is 0 Å². The lowest BCUT2D eigenvalue weighted by molar-refractivity contribution is 0.297. The van der Waals surface area contributed by atoms with Crippen molar-refractivity contribution in [3.63, 3.8) is 0 Å². The number of aliphatic hydroxyl groups is 1. The van der Waals surface area contributed by atoms with Crippen molar-refractivity contribution < 1.29 is 5.11 Å². The maximum absolute atomic E-state index is 9.15. The third-order valence-electron chi connectivity index (χ3n) is 3.17. The zero-order valence-corrected chi connectivity index (χ0v) is 10.0. The van der Waals surface area contributed by atoms with E-state index in [1.165, 1.54) is 25.7 Å². The summed E-state index contributed by atoms with van der Waals surface area (Å²) in [5.74, 6) is 0. The van der Waals surface area contributed by atoms with E-state index in [4.69, 9.17) is 16.7 Å². The second kappa shape index (κ2) is 5.51. The van der Waals surface area contributed by atoms with E-state index < -0.39 is 0 Å². The molecular formula is C12H17ClN2O. The normalized spacial score (nSPS) is 16.6. The number of nitrogens with zero attached hydrogens (tertiary/aromatic N) is 2. The van der Waals surface area contributed by atoms with Gasteiger partial charge in [0.05, 0.1) is 17.3 Å². The van der Waals surface area contributed by atoms with E-state index in [9.17, 15) is 0 Å². The molecule has 1 aromatic heterocycles. The fourth-order valence-corrected chi connectivity index (χ4v) is 2.65. The number of hydrogen-bond acceptors (Lipinski definition) is 3. The molecule has 3 nitrogen and oxygen atoms in total. The van der Waals surface area contributed by atoms with Gasteiger partial charge in [-0.05, 0) is 18.9 Å². The number of hydrogen-bond donors (Lipinski definition) is 1. The summed E-state index contributed by atoms with van der Waals surface area (Å²) in [5.41, 5.74) is 0.998. The largest absolute Gasteiger partial charge is 0.395 e. The highest BCUT2D eigenvalue weighted by molar-refractivity contribution is 6.33. The van der Waals surface area contributed by atoms with Crippen molar-refractivity contribution in [2.24, 2.45) is 0 Å². The van der Waals surface area contributed by atoms with E-state index in [0.717, 1.165) is 5.69 Å². The lowest BCUT2D eigenvalue weighted by atomic mass is 10.2. The number of anilines is 1. The minimum absolute atomic E-state index is 0.162. The highest BCUT2D eigenvalue weighted by Gasteiger charge is 2.23. The Balaban J connectivity index is 2.21. The molecule has 1 N–H and O–H groups in total. The number of aromatic nitrogens is 1. The quantitative estimate of drug-likeness (QED) is 0.879. The molecule has 0 aromatic carbocycles. The minimum atomic E-state index is 0.162. The summed E-state index contributed by atoms with van der Waals surface area (Å²) in [6.07, 6.45) is 8.35. The molecule has 88 valence electrons. The second-order valence-corrected chi connectivity index (χ2v) is 4.59. The van der Waals surface area contributed by atoms with E-state index in [1.807, 2.05) is 6.07 Å². The van der Waals surface area contributed by atoms with Gasteiger partial charge in [-0.15, -0.1) is 0 Å². The Hall–Kier alpha value is -0.800. The van der Waals surface area contributed by atoms with E-state index in [-0.39, 0.29) is 6.61 Å². The van der Waals surface area contributed by atoms with Crippen LogP contribution in [0.4, 0.5) is 5.69 Å².